The summed E-state index contributed by atoms with van der Waals surface area (Å²) in [6, 6.07) is 4.68. The molecular weight excluding hydrogens is 230 g/mol. The summed E-state index contributed by atoms with van der Waals surface area (Å²) >= 11 is 0. The number of nitrogens with one attached hydrogen (secondary N) is 1. The van der Waals surface area contributed by atoms with Crippen LogP contribution >= 0.6 is 0 Å². The molecule has 18 heavy (non-hydrogen) atoms. The number of hydrogen-bond donors (Lipinski definition) is 3. The third-order valence-corrected chi connectivity index (χ3v) is 3.52. The van der Waals surface area contributed by atoms with Crippen LogP contribution in [-0.2, 0) is 0 Å². The Morgan fingerprint density at radius 3 is 2.72 bits per heavy atom. The standard InChI is InChI=1S/C14H19NO3/c1-9-6-7-10(8-13(9)17)14(18)15-11-4-2-3-5-12(11)16/h6-8,11-12,16-17H,2-5H2,1H3,(H,15,18)/t11-,12-/m0/s1. The van der Waals surface area contributed by atoms with Gasteiger partial charge in [-0.2, -0.15) is 0 Å². The van der Waals surface area contributed by atoms with E-state index >= 15 is 0 Å². The van der Waals surface area contributed by atoms with E-state index in [0.29, 0.717) is 5.56 Å². The number of aliphatic hydroxyl groups excluding tert-OH is 1. The van der Waals surface area contributed by atoms with Crippen molar-refractivity contribution in [2.75, 3.05) is 0 Å². The van der Waals surface area contributed by atoms with Crippen LogP contribution < -0.4 is 5.32 Å². The van der Waals surface area contributed by atoms with Gasteiger partial charge in [0.25, 0.3) is 5.91 Å². The highest BCUT2D eigenvalue weighted by Crippen LogP contribution is 2.20. The van der Waals surface area contributed by atoms with Crippen LogP contribution in [0.3, 0.4) is 0 Å². The van der Waals surface area contributed by atoms with Crippen molar-refractivity contribution in [2.45, 2.75) is 44.8 Å². The van der Waals surface area contributed by atoms with Gasteiger partial charge in [0.15, 0.2) is 0 Å². The lowest BCUT2D eigenvalue weighted by molar-refractivity contribution is 0.0717. The fourth-order valence-corrected chi connectivity index (χ4v) is 2.28. The van der Waals surface area contributed by atoms with Gasteiger partial charge in [-0.25, -0.2) is 0 Å². The van der Waals surface area contributed by atoms with Crippen LogP contribution in [0.1, 0.15) is 41.6 Å². The predicted octanol–water partition coefficient (Wildman–Crippen LogP) is 1.73. The molecule has 0 aromatic heterocycles. The number of phenolic OH excluding ortho intramolecular Hbond substituents is 1. The van der Waals surface area contributed by atoms with Crippen molar-refractivity contribution in [1.29, 1.82) is 0 Å². The zero-order valence-electron chi connectivity index (χ0n) is 10.5. The van der Waals surface area contributed by atoms with Crippen LogP contribution in [0.15, 0.2) is 18.2 Å². The molecule has 4 nitrogen and oxygen atoms in total. The summed E-state index contributed by atoms with van der Waals surface area (Å²) in [5, 5.41) is 22.2. The predicted molar refractivity (Wildman–Crippen MR) is 68.6 cm³/mol. The number of benzene rings is 1. The van der Waals surface area contributed by atoms with Gasteiger partial charge in [0.05, 0.1) is 12.1 Å². The summed E-state index contributed by atoms with van der Waals surface area (Å²) in [5.74, 6) is -0.122. The molecule has 0 saturated heterocycles. The third kappa shape index (κ3) is 2.82. The quantitative estimate of drug-likeness (QED) is 0.747. The fraction of sp³-hybridized carbons (Fsp3) is 0.500. The van der Waals surface area contributed by atoms with E-state index in [2.05, 4.69) is 5.32 Å². The van der Waals surface area contributed by atoms with E-state index in [1.54, 1.807) is 19.1 Å². The van der Waals surface area contributed by atoms with Crippen LogP contribution in [0, 0.1) is 6.92 Å². The SMILES string of the molecule is Cc1ccc(C(=O)N[C@H]2CCCC[C@@H]2O)cc1O. The first-order valence-corrected chi connectivity index (χ1v) is 6.36. The van der Waals surface area contributed by atoms with Gasteiger partial charge >= 0.3 is 0 Å². The second kappa shape index (κ2) is 5.40. The molecule has 0 bridgehead atoms. The minimum absolute atomic E-state index is 0.117. The van der Waals surface area contributed by atoms with Gasteiger partial charge in [-0.3, -0.25) is 4.79 Å². The maximum atomic E-state index is 12.0. The first-order chi connectivity index (χ1) is 8.58. The minimum Gasteiger partial charge on any atom is -0.508 e. The van der Waals surface area contributed by atoms with Crippen molar-refractivity contribution < 1.29 is 15.0 Å². The van der Waals surface area contributed by atoms with E-state index in [-0.39, 0.29) is 17.7 Å². The van der Waals surface area contributed by atoms with Crippen molar-refractivity contribution >= 4 is 5.91 Å². The molecular formula is C14H19NO3. The molecule has 0 radical (unpaired) electrons. The number of carbonyl (C=O) groups excluding carboxylic acids is 1. The van der Waals surface area contributed by atoms with Crippen molar-refractivity contribution in [3.63, 3.8) is 0 Å². The number of carbonyl (C=O) groups is 1. The Kier molecular flexibility index (Phi) is 3.87. The number of aliphatic hydroxyl groups is 1. The maximum Gasteiger partial charge on any atom is 0.251 e. The molecule has 0 unspecified atom stereocenters. The van der Waals surface area contributed by atoms with Crippen LogP contribution in [0.2, 0.25) is 0 Å². The Hall–Kier alpha value is -1.55. The molecule has 1 aliphatic carbocycles. The summed E-state index contributed by atoms with van der Waals surface area (Å²) in [7, 11) is 0. The van der Waals surface area contributed by atoms with Gasteiger partial charge in [-0.15, -0.1) is 0 Å². The monoisotopic (exact) mass is 249 g/mol. The number of aryl methyl sites for hydroxylation is 1. The first-order valence-electron chi connectivity index (χ1n) is 6.36. The lowest BCUT2D eigenvalue weighted by Crippen LogP contribution is -2.45. The van der Waals surface area contributed by atoms with Gasteiger partial charge in [0, 0.05) is 5.56 Å². The van der Waals surface area contributed by atoms with Gasteiger partial charge < -0.3 is 15.5 Å². The van der Waals surface area contributed by atoms with E-state index in [0.717, 1.165) is 31.2 Å². The van der Waals surface area contributed by atoms with E-state index in [1.807, 2.05) is 0 Å². The molecule has 98 valence electrons. The molecule has 0 heterocycles. The summed E-state index contributed by atoms with van der Waals surface area (Å²) in [5.41, 5.74) is 1.17. The maximum absolute atomic E-state index is 12.0. The number of aromatic hydroxyl groups is 1. The normalized spacial score (nSPS) is 23.7. The molecule has 0 spiro atoms. The van der Waals surface area contributed by atoms with E-state index in [1.165, 1.54) is 6.07 Å². The number of phenols is 1. The molecule has 3 N–H and O–H groups in total. The average molecular weight is 249 g/mol. The van der Waals surface area contributed by atoms with Gasteiger partial charge in [0.2, 0.25) is 0 Å². The summed E-state index contributed by atoms with van der Waals surface area (Å²) in [6.45, 7) is 1.78. The molecule has 1 aromatic rings. The molecule has 1 amide bonds. The smallest absolute Gasteiger partial charge is 0.251 e. The zero-order chi connectivity index (χ0) is 13.1. The second-order valence-corrected chi connectivity index (χ2v) is 4.93. The molecule has 2 atom stereocenters. The average Bonchev–Trinajstić information content (AvgIpc) is 2.35. The summed E-state index contributed by atoms with van der Waals surface area (Å²) in [4.78, 5) is 12.0. The van der Waals surface area contributed by atoms with Crippen molar-refractivity contribution in [1.82, 2.24) is 5.32 Å². The number of rotatable bonds is 2. The minimum atomic E-state index is -0.457. The topological polar surface area (TPSA) is 69.6 Å². The highest BCUT2D eigenvalue weighted by atomic mass is 16.3. The Bertz CT molecular complexity index is 445. The van der Waals surface area contributed by atoms with Crippen molar-refractivity contribution in [3.8, 4) is 5.75 Å². The Morgan fingerprint density at radius 1 is 1.33 bits per heavy atom. The summed E-state index contributed by atoms with van der Waals surface area (Å²) in [6.07, 6.45) is 3.14. The van der Waals surface area contributed by atoms with Gasteiger partial charge in [0.1, 0.15) is 5.75 Å². The zero-order valence-corrected chi connectivity index (χ0v) is 10.5. The van der Waals surface area contributed by atoms with Crippen molar-refractivity contribution in [3.05, 3.63) is 29.3 Å². The van der Waals surface area contributed by atoms with Crippen LogP contribution in [-0.4, -0.2) is 28.3 Å². The molecule has 1 saturated carbocycles. The fourth-order valence-electron chi connectivity index (χ4n) is 2.28. The number of amides is 1. The second-order valence-electron chi connectivity index (χ2n) is 4.93. The van der Waals surface area contributed by atoms with Crippen molar-refractivity contribution in [2.24, 2.45) is 0 Å². The van der Waals surface area contributed by atoms with E-state index < -0.39 is 6.10 Å². The largest absolute Gasteiger partial charge is 0.508 e. The molecule has 4 heteroatoms. The number of hydrogen-bond acceptors (Lipinski definition) is 3. The highest BCUT2D eigenvalue weighted by Gasteiger charge is 2.24. The molecule has 0 aliphatic heterocycles. The van der Waals surface area contributed by atoms with Gasteiger partial charge in [-0.1, -0.05) is 18.9 Å². The third-order valence-electron chi connectivity index (χ3n) is 3.52. The van der Waals surface area contributed by atoms with Gasteiger partial charge in [-0.05, 0) is 37.5 Å². The van der Waals surface area contributed by atoms with E-state index in [9.17, 15) is 15.0 Å². The lowest BCUT2D eigenvalue weighted by atomic mass is 9.92. The van der Waals surface area contributed by atoms with Crippen LogP contribution in [0.5, 0.6) is 5.75 Å². The summed E-state index contributed by atoms with van der Waals surface area (Å²) < 4.78 is 0. The Morgan fingerprint density at radius 2 is 2.06 bits per heavy atom. The first kappa shape index (κ1) is 12.9. The molecule has 1 fully saturated rings. The lowest BCUT2D eigenvalue weighted by Gasteiger charge is -2.28. The molecule has 2 rings (SSSR count). The van der Waals surface area contributed by atoms with E-state index in [4.69, 9.17) is 0 Å². The van der Waals surface area contributed by atoms with Crippen LogP contribution in [0.4, 0.5) is 0 Å². The van der Waals surface area contributed by atoms with Crippen LogP contribution in [0.25, 0.3) is 0 Å². The Balaban J connectivity index is 2.04. The molecule has 1 aliphatic rings. The Labute approximate surface area is 107 Å². The molecule has 1 aromatic carbocycles. The highest BCUT2D eigenvalue weighted by molar-refractivity contribution is 5.94.